The van der Waals surface area contributed by atoms with E-state index in [0.717, 1.165) is 5.56 Å². The van der Waals surface area contributed by atoms with E-state index >= 15 is 0 Å². The Morgan fingerprint density at radius 2 is 1.97 bits per heavy atom. The number of thioether (sulfide) groups is 1. The number of hydrogen-bond donors (Lipinski definition) is 1. The van der Waals surface area contributed by atoms with Crippen molar-refractivity contribution in [1.29, 1.82) is 0 Å². The molecular formula is C23H27N3O4S2. The van der Waals surface area contributed by atoms with Crippen molar-refractivity contribution < 1.29 is 14.3 Å². The van der Waals surface area contributed by atoms with Gasteiger partial charge in [0.2, 0.25) is 0 Å². The standard InChI is InChI=1S/C23H27N3O4S2/c1-23(2,3)16-7-5-15(6-8-16)20(28)25-18(9-11-31-4)21(29)30-14-17-13-19(27)26-10-12-32-22(26)24-17/h5-8,10,12-13,18H,9,11,14H2,1-4H3,(H,25,28). The minimum absolute atomic E-state index is 0.0116. The van der Waals surface area contributed by atoms with Crippen molar-refractivity contribution in [2.75, 3.05) is 12.0 Å². The summed E-state index contributed by atoms with van der Waals surface area (Å²) in [4.78, 5) is 42.4. The zero-order valence-corrected chi connectivity index (χ0v) is 20.2. The summed E-state index contributed by atoms with van der Waals surface area (Å²) >= 11 is 2.91. The van der Waals surface area contributed by atoms with Crippen LogP contribution in [0.3, 0.4) is 0 Å². The molecule has 1 unspecified atom stereocenters. The molecule has 0 aliphatic carbocycles. The van der Waals surface area contributed by atoms with Crippen molar-refractivity contribution >= 4 is 39.9 Å². The quantitative estimate of drug-likeness (QED) is 0.503. The summed E-state index contributed by atoms with van der Waals surface area (Å²) < 4.78 is 6.83. The second-order valence-corrected chi connectivity index (χ2v) is 10.2. The number of nitrogens with one attached hydrogen (secondary N) is 1. The van der Waals surface area contributed by atoms with Crippen molar-refractivity contribution in [2.24, 2.45) is 0 Å². The lowest BCUT2D eigenvalue weighted by Gasteiger charge is -2.20. The summed E-state index contributed by atoms with van der Waals surface area (Å²) in [5, 5.41) is 4.55. The van der Waals surface area contributed by atoms with Crippen LogP contribution in [0.25, 0.3) is 4.96 Å². The summed E-state index contributed by atoms with van der Waals surface area (Å²) in [5.74, 6) is -0.194. The molecule has 0 saturated carbocycles. The molecule has 1 aromatic carbocycles. The van der Waals surface area contributed by atoms with E-state index in [4.69, 9.17) is 4.74 Å². The lowest BCUT2D eigenvalue weighted by atomic mass is 9.86. The van der Waals surface area contributed by atoms with Crippen molar-refractivity contribution in [1.82, 2.24) is 14.7 Å². The maximum atomic E-state index is 12.7. The van der Waals surface area contributed by atoms with Crippen molar-refractivity contribution in [3.63, 3.8) is 0 Å². The highest BCUT2D eigenvalue weighted by Crippen LogP contribution is 2.22. The molecule has 0 radical (unpaired) electrons. The van der Waals surface area contributed by atoms with Gasteiger partial charge in [-0.1, -0.05) is 32.9 Å². The minimum atomic E-state index is -0.788. The average molecular weight is 474 g/mol. The molecule has 0 aliphatic rings. The molecule has 7 nitrogen and oxygen atoms in total. The number of thiazole rings is 1. The highest BCUT2D eigenvalue weighted by molar-refractivity contribution is 7.98. The third kappa shape index (κ3) is 5.98. The molecule has 0 saturated heterocycles. The van der Waals surface area contributed by atoms with Crippen LogP contribution in [0.4, 0.5) is 0 Å². The molecule has 2 aromatic heterocycles. The predicted octanol–water partition coefficient (Wildman–Crippen LogP) is 3.65. The number of nitrogens with zero attached hydrogens (tertiary/aromatic N) is 2. The summed E-state index contributed by atoms with van der Waals surface area (Å²) in [7, 11) is 0. The lowest BCUT2D eigenvalue weighted by molar-refractivity contribution is -0.147. The van der Waals surface area contributed by atoms with Gasteiger partial charge in [-0.25, -0.2) is 9.78 Å². The SMILES string of the molecule is CSCCC(NC(=O)c1ccc(C(C)(C)C)cc1)C(=O)OCc1cc(=O)n2ccsc2n1. The van der Waals surface area contributed by atoms with Crippen LogP contribution >= 0.6 is 23.1 Å². The average Bonchev–Trinajstić information content (AvgIpc) is 3.23. The molecule has 9 heteroatoms. The lowest BCUT2D eigenvalue weighted by Crippen LogP contribution is -2.42. The highest BCUT2D eigenvalue weighted by atomic mass is 32.2. The maximum absolute atomic E-state index is 12.7. The Labute approximate surface area is 195 Å². The van der Waals surface area contributed by atoms with E-state index in [9.17, 15) is 14.4 Å². The van der Waals surface area contributed by atoms with E-state index < -0.39 is 12.0 Å². The van der Waals surface area contributed by atoms with Crippen LogP contribution in [0, 0.1) is 0 Å². The van der Waals surface area contributed by atoms with Gasteiger partial charge < -0.3 is 10.1 Å². The number of carbonyl (C=O) groups excluding carboxylic acids is 2. The van der Waals surface area contributed by atoms with Gasteiger partial charge in [-0.2, -0.15) is 11.8 Å². The first-order valence-corrected chi connectivity index (χ1v) is 12.5. The minimum Gasteiger partial charge on any atom is -0.458 e. The van der Waals surface area contributed by atoms with Crippen LogP contribution in [0.15, 0.2) is 46.7 Å². The molecule has 0 aliphatic heterocycles. The van der Waals surface area contributed by atoms with Crippen LogP contribution in [0.2, 0.25) is 0 Å². The molecule has 32 heavy (non-hydrogen) atoms. The monoisotopic (exact) mass is 473 g/mol. The molecule has 0 bridgehead atoms. The van der Waals surface area contributed by atoms with Gasteiger partial charge in [0.25, 0.3) is 11.5 Å². The first kappa shape index (κ1) is 24.0. The Kier molecular flexibility index (Phi) is 7.73. The molecule has 2 heterocycles. The predicted molar refractivity (Wildman–Crippen MR) is 129 cm³/mol. The number of ether oxygens (including phenoxy) is 1. The number of rotatable bonds is 8. The Morgan fingerprint density at radius 1 is 1.25 bits per heavy atom. The van der Waals surface area contributed by atoms with Gasteiger partial charge in [-0.3, -0.25) is 14.0 Å². The van der Waals surface area contributed by atoms with Crippen molar-refractivity contribution in [2.45, 2.75) is 45.3 Å². The Balaban J connectivity index is 1.67. The number of esters is 1. The second-order valence-electron chi connectivity index (χ2n) is 8.38. The van der Waals surface area contributed by atoms with Crippen LogP contribution in [-0.4, -0.2) is 39.3 Å². The summed E-state index contributed by atoms with van der Waals surface area (Å²) in [6, 6.07) is 7.94. The zero-order valence-electron chi connectivity index (χ0n) is 18.6. The number of aromatic nitrogens is 2. The Bertz CT molecular complexity index is 1150. The van der Waals surface area contributed by atoms with E-state index in [1.54, 1.807) is 35.5 Å². The summed E-state index contributed by atoms with van der Waals surface area (Å²) in [5.41, 5.74) is 1.74. The molecule has 0 spiro atoms. The zero-order chi connectivity index (χ0) is 23.3. The molecule has 3 rings (SSSR count). The number of hydrogen-bond acceptors (Lipinski definition) is 7. The maximum Gasteiger partial charge on any atom is 0.329 e. The molecular weight excluding hydrogens is 446 g/mol. The topological polar surface area (TPSA) is 89.8 Å². The molecule has 1 amide bonds. The third-order valence-electron chi connectivity index (χ3n) is 4.93. The van der Waals surface area contributed by atoms with Gasteiger partial charge in [0.1, 0.15) is 12.6 Å². The highest BCUT2D eigenvalue weighted by Gasteiger charge is 2.23. The molecule has 1 atom stereocenters. The molecule has 170 valence electrons. The summed E-state index contributed by atoms with van der Waals surface area (Å²) in [6.07, 6.45) is 4.02. The van der Waals surface area contributed by atoms with Gasteiger partial charge in [0.05, 0.1) is 5.69 Å². The van der Waals surface area contributed by atoms with Crippen LogP contribution < -0.4 is 10.9 Å². The number of amides is 1. The van der Waals surface area contributed by atoms with Crippen LogP contribution in [0.5, 0.6) is 0 Å². The number of fused-ring (bicyclic) bond motifs is 1. The Hall–Kier alpha value is -2.65. The van der Waals surface area contributed by atoms with E-state index in [0.29, 0.717) is 28.4 Å². The van der Waals surface area contributed by atoms with E-state index in [-0.39, 0.29) is 23.5 Å². The van der Waals surface area contributed by atoms with E-state index in [2.05, 4.69) is 31.1 Å². The number of benzene rings is 1. The Morgan fingerprint density at radius 3 is 2.62 bits per heavy atom. The van der Waals surface area contributed by atoms with Gasteiger partial charge in [0.15, 0.2) is 4.96 Å². The van der Waals surface area contributed by atoms with E-state index in [1.807, 2.05) is 18.4 Å². The fraction of sp³-hybridized carbons (Fsp3) is 0.391. The first-order valence-electron chi connectivity index (χ1n) is 10.2. The van der Waals surface area contributed by atoms with Crippen LogP contribution in [-0.2, 0) is 21.6 Å². The molecule has 0 fully saturated rings. The van der Waals surface area contributed by atoms with Crippen molar-refractivity contribution in [3.05, 3.63) is 69.1 Å². The third-order valence-corrected chi connectivity index (χ3v) is 6.33. The first-order chi connectivity index (χ1) is 15.2. The van der Waals surface area contributed by atoms with Crippen LogP contribution in [0.1, 0.15) is 48.8 Å². The van der Waals surface area contributed by atoms with E-state index in [1.165, 1.54) is 21.8 Å². The fourth-order valence-corrected chi connectivity index (χ4v) is 4.27. The van der Waals surface area contributed by atoms with Gasteiger partial charge in [0, 0.05) is 23.2 Å². The summed E-state index contributed by atoms with van der Waals surface area (Å²) in [6.45, 7) is 6.19. The largest absolute Gasteiger partial charge is 0.458 e. The fourth-order valence-electron chi connectivity index (χ4n) is 3.06. The van der Waals surface area contributed by atoms with Gasteiger partial charge in [-0.05, 0) is 41.5 Å². The van der Waals surface area contributed by atoms with Crippen molar-refractivity contribution in [3.8, 4) is 0 Å². The smallest absolute Gasteiger partial charge is 0.329 e. The molecule has 3 aromatic rings. The normalized spacial score (nSPS) is 12.5. The second kappa shape index (κ2) is 10.3. The van der Waals surface area contributed by atoms with Gasteiger partial charge in [-0.15, -0.1) is 11.3 Å². The number of carbonyl (C=O) groups is 2. The molecule has 1 N–H and O–H groups in total. The van der Waals surface area contributed by atoms with Gasteiger partial charge >= 0.3 is 5.97 Å².